The van der Waals surface area contributed by atoms with E-state index in [9.17, 15) is 4.79 Å². The number of rotatable bonds is 3. The number of nitrogens with zero attached hydrogens (tertiary/aromatic N) is 2. The predicted molar refractivity (Wildman–Crippen MR) is 47.1 cm³/mol. The molecule has 0 aromatic carbocycles. The van der Waals surface area contributed by atoms with E-state index in [0.717, 1.165) is 0 Å². The van der Waals surface area contributed by atoms with Crippen molar-refractivity contribution in [1.29, 1.82) is 0 Å². The summed E-state index contributed by atoms with van der Waals surface area (Å²) in [4.78, 5) is 11.3. The van der Waals surface area contributed by atoms with Crippen LogP contribution in [0.4, 0.5) is 5.82 Å². The lowest BCUT2D eigenvalue weighted by molar-refractivity contribution is -0.118. The quantitative estimate of drug-likeness (QED) is 0.765. The van der Waals surface area contributed by atoms with Gasteiger partial charge in [0, 0.05) is 5.92 Å². The van der Waals surface area contributed by atoms with Crippen molar-refractivity contribution in [2.75, 3.05) is 5.32 Å². The van der Waals surface area contributed by atoms with E-state index >= 15 is 0 Å². The van der Waals surface area contributed by atoms with Gasteiger partial charge in [0.15, 0.2) is 0 Å². The van der Waals surface area contributed by atoms with Gasteiger partial charge in [0.25, 0.3) is 0 Å². The van der Waals surface area contributed by atoms with Gasteiger partial charge in [0.05, 0.1) is 0 Å². The van der Waals surface area contributed by atoms with Gasteiger partial charge in [0.2, 0.25) is 11.7 Å². The van der Waals surface area contributed by atoms with Crippen molar-refractivity contribution in [1.82, 2.24) is 10.3 Å². The molecule has 1 aromatic rings. The molecule has 0 radical (unpaired) electrons. The third kappa shape index (κ3) is 2.27. The number of amides is 1. The Hall–Kier alpha value is -1.39. The average molecular weight is 183 g/mol. The summed E-state index contributed by atoms with van der Waals surface area (Å²) >= 11 is 0. The second kappa shape index (κ2) is 4.02. The Morgan fingerprint density at radius 3 is 2.77 bits per heavy atom. The minimum absolute atomic E-state index is 0.0681. The Labute approximate surface area is 76.5 Å². The minimum atomic E-state index is -0.0783. The Morgan fingerprint density at radius 2 is 2.23 bits per heavy atom. The van der Waals surface area contributed by atoms with E-state index in [-0.39, 0.29) is 11.8 Å². The SMILES string of the molecule is CCc1nonc1NC(=O)C(C)C. The van der Waals surface area contributed by atoms with Gasteiger partial charge in [-0.05, 0) is 11.6 Å². The van der Waals surface area contributed by atoms with E-state index in [2.05, 4.69) is 20.3 Å². The van der Waals surface area contributed by atoms with E-state index in [1.807, 2.05) is 20.8 Å². The van der Waals surface area contributed by atoms with Crippen LogP contribution in [0.15, 0.2) is 4.63 Å². The maximum Gasteiger partial charge on any atom is 0.228 e. The van der Waals surface area contributed by atoms with Gasteiger partial charge in [-0.15, -0.1) is 0 Å². The van der Waals surface area contributed by atoms with Crippen LogP contribution in [0.1, 0.15) is 26.5 Å². The Morgan fingerprint density at radius 1 is 1.54 bits per heavy atom. The van der Waals surface area contributed by atoms with E-state index < -0.39 is 0 Å². The molecule has 0 fully saturated rings. The van der Waals surface area contributed by atoms with Crippen molar-refractivity contribution in [2.45, 2.75) is 27.2 Å². The minimum Gasteiger partial charge on any atom is -0.306 e. The lowest BCUT2D eigenvalue weighted by Crippen LogP contribution is -2.18. The number of hydrogen-bond donors (Lipinski definition) is 1. The fourth-order valence-corrected chi connectivity index (χ4v) is 0.794. The summed E-state index contributed by atoms with van der Waals surface area (Å²) in [5.41, 5.74) is 0.675. The van der Waals surface area contributed by atoms with E-state index in [1.54, 1.807) is 0 Å². The lowest BCUT2D eigenvalue weighted by Gasteiger charge is -2.03. The molecule has 0 saturated carbocycles. The molecule has 1 amide bonds. The normalized spacial score (nSPS) is 10.5. The van der Waals surface area contributed by atoms with E-state index in [1.165, 1.54) is 0 Å². The first-order valence-electron chi connectivity index (χ1n) is 4.27. The molecule has 0 bridgehead atoms. The first kappa shape index (κ1) is 9.70. The molecular weight excluding hydrogens is 170 g/mol. The van der Waals surface area contributed by atoms with Gasteiger partial charge < -0.3 is 5.32 Å². The fourth-order valence-electron chi connectivity index (χ4n) is 0.794. The Kier molecular flexibility index (Phi) is 3.00. The highest BCUT2D eigenvalue weighted by molar-refractivity contribution is 5.91. The van der Waals surface area contributed by atoms with Crippen molar-refractivity contribution in [3.05, 3.63) is 5.69 Å². The summed E-state index contributed by atoms with van der Waals surface area (Å²) in [6.45, 7) is 5.55. The summed E-state index contributed by atoms with van der Waals surface area (Å²) in [5, 5.41) is 9.87. The second-order valence-corrected chi connectivity index (χ2v) is 3.06. The van der Waals surface area contributed by atoms with E-state index in [0.29, 0.717) is 17.9 Å². The maximum atomic E-state index is 11.3. The van der Waals surface area contributed by atoms with Crippen LogP contribution >= 0.6 is 0 Å². The summed E-state index contributed by atoms with van der Waals surface area (Å²) in [6, 6.07) is 0. The second-order valence-electron chi connectivity index (χ2n) is 3.06. The Balaban J connectivity index is 2.68. The number of carbonyl (C=O) groups is 1. The van der Waals surface area contributed by atoms with Gasteiger partial charge in [-0.2, -0.15) is 0 Å². The molecule has 5 nitrogen and oxygen atoms in total. The number of nitrogens with one attached hydrogen (secondary N) is 1. The van der Waals surface area contributed by atoms with Crippen molar-refractivity contribution >= 4 is 11.7 Å². The molecule has 0 aliphatic carbocycles. The third-order valence-corrected chi connectivity index (χ3v) is 1.66. The molecule has 0 spiro atoms. The molecular formula is C8H13N3O2. The van der Waals surface area contributed by atoms with Crippen LogP contribution in [0.3, 0.4) is 0 Å². The van der Waals surface area contributed by atoms with Crippen LogP contribution in [0.25, 0.3) is 0 Å². The molecule has 0 aliphatic rings. The topological polar surface area (TPSA) is 68.0 Å². The van der Waals surface area contributed by atoms with Gasteiger partial charge in [-0.3, -0.25) is 4.79 Å². The largest absolute Gasteiger partial charge is 0.306 e. The molecule has 1 heterocycles. The average Bonchev–Trinajstić information content (AvgIpc) is 2.51. The Bertz CT molecular complexity index is 293. The van der Waals surface area contributed by atoms with Crippen molar-refractivity contribution in [3.8, 4) is 0 Å². The molecule has 0 atom stereocenters. The lowest BCUT2D eigenvalue weighted by atomic mass is 10.2. The molecule has 72 valence electrons. The highest BCUT2D eigenvalue weighted by atomic mass is 16.6. The van der Waals surface area contributed by atoms with Crippen LogP contribution in [0.2, 0.25) is 0 Å². The molecule has 5 heteroatoms. The monoisotopic (exact) mass is 183 g/mol. The number of carbonyl (C=O) groups excluding carboxylic acids is 1. The molecule has 0 aliphatic heterocycles. The molecule has 1 N–H and O–H groups in total. The summed E-state index contributed by atoms with van der Waals surface area (Å²) < 4.78 is 4.50. The third-order valence-electron chi connectivity index (χ3n) is 1.66. The summed E-state index contributed by atoms with van der Waals surface area (Å²) in [7, 11) is 0. The zero-order chi connectivity index (χ0) is 9.84. The molecule has 0 saturated heterocycles. The van der Waals surface area contributed by atoms with Gasteiger partial charge in [0.1, 0.15) is 5.69 Å². The number of aryl methyl sites for hydroxylation is 1. The smallest absolute Gasteiger partial charge is 0.228 e. The van der Waals surface area contributed by atoms with Crippen molar-refractivity contribution in [2.24, 2.45) is 5.92 Å². The maximum absolute atomic E-state index is 11.3. The predicted octanol–water partition coefficient (Wildman–Crippen LogP) is 1.23. The standard InChI is InChI=1S/C8H13N3O2/c1-4-6-7(11-13-10-6)9-8(12)5(2)3/h5H,4H2,1-3H3,(H,9,11,12). The van der Waals surface area contributed by atoms with Crippen LogP contribution in [0.5, 0.6) is 0 Å². The molecule has 1 aromatic heterocycles. The zero-order valence-electron chi connectivity index (χ0n) is 8.00. The highest BCUT2D eigenvalue weighted by Crippen LogP contribution is 2.10. The molecule has 0 unspecified atom stereocenters. The van der Waals surface area contributed by atoms with Crippen LogP contribution < -0.4 is 5.32 Å². The van der Waals surface area contributed by atoms with Gasteiger partial charge in [-0.25, -0.2) is 4.63 Å². The van der Waals surface area contributed by atoms with Crippen molar-refractivity contribution < 1.29 is 9.42 Å². The first-order chi connectivity index (χ1) is 6.15. The number of aromatic nitrogens is 2. The summed E-state index contributed by atoms with van der Waals surface area (Å²) in [6.07, 6.45) is 0.692. The van der Waals surface area contributed by atoms with Crippen LogP contribution in [0, 0.1) is 5.92 Å². The van der Waals surface area contributed by atoms with Crippen LogP contribution in [-0.4, -0.2) is 16.2 Å². The van der Waals surface area contributed by atoms with Gasteiger partial charge >= 0.3 is 0 Å². The van der Waals surface area contributed by atoms with Gasteiger partial charge in [-0.1, -0.05) is 25.9 Å². The van der Waals surface area contributed by atoms with Crippen LogP contribution in [-0.2, 0) is 11.2 Å². The number of anilines is 1. The zero-order valence-corrected chi connectivity index (χ0v) is 8.00. The fraction of sp³-hybridized carbons (Fsp3) is 0.625. The van der Waals surface area contributed by atoms with E-state index in [4.69, 9.17) is 0 Å². The van der Waals surface area contributed by atoms with Crippen molar-refractivity contribution in [3.63, 3.8) is 0 Å². The summed E-state index contributed by atoms with van der Waals surface area (Å²) in [5.74, 6) is 0.285. The molecule has 13 heavy (non-hydrogen) atoms. The first-order valence-corrected chi connectivity index (χ1v) is 4.27. The number of hydrogen-bond acceptors (Lipinski definition) is 4. The molecule has 1 rings (SSSR count). The highest BCUT2D eigenvalue weighted by Gasteiger charge is 2.13.